The van der Waals surface area contributed by atoms with E-state index in [0.717, 1.165) is 45.1 Å². The third-order valence-electron chi connectivity index (χ3n) is 4.83. The van der Waals surface area contributed by atoms with Crippen molar-refractivity contribution in [1.29, 1.82) is 0 Å². The number of rotatable bonds is 3. The van der Waals surface area contributed by atoms with Crippen molar-refractivity contribution >= 4 is 27.6 Å². The predicted octanol–water partition coefficient (Wildman–Crippen LogP) is 3.25. The van der Waals surface area contributed by atoms with Gasteiger partial charge in [0.15, 0.2) is 0 Å². The molecule has 10 heteroatoms. The summed E-state index contributed by atoms with van der Waals surface area (Å²) in [5.74, 6) is -0.393. The molecule has 0 saturated carbocycles. The molecule has 27 heavy (non-hydrogen) atoms. The van der Waals surface area contributed by atoms with Gasteiger partial charge in [0.2, 0.25) is 0 Å². The topological polar surface area (TPSA) is 56.8 Å². The summed E-state index contributed by atoms with van der Waals surface area (Å²) >= 11 is 3.01. The molecule has 150 valence electrons. The number of alkyl halides is 3. The van der Waals surface area contributed by atoms with Crippen LogP contribution in [0.15, 0.2) is 22.7 Å². The first kappa shape index (κ1) is 20.2. The Morgan fingerprint density at radius 2 is 1.85 bits per heavy atom. The van der Waals surface area contributed by atoms with E-state index >= 15 is 0 Å². The fourth-order valence-corrected chi connectivity index (χ4v) is 3.78. The van der Waals surface area contributed by atoms with E-state index in [1.165, 1.54) is 12.1 Å². The lowest BCUT2D eigenvalue weighted by molar-refractivity contribution is -0.274. The van der Waals surface area contributed by atoms with E-state index in [1.54, 1.807) is 4.90 Å². The maximum absolute atomic E-state index is 12.4. The lowest BCUT2D eigenvalue weighted by Gasteiger charge is -2.40. The van der Waals surface area contributed by atoms with Crippen LogP contribution in [0.2, 0.25) is 0 Å². The van der Waals surface area contributed by atoms with Crippen LogP contribution in [-0.2, 0) is 0 Å². The van der Waals surface area contributed by atoms with Gasteiger partial charge in [0.05, 0.1) is 4.47 Å². The van der Waals surface area contributed by atoms with Crippen molar-refractivity contribution in [2.45, 2.75) is 25.2 Å². The Kier molecular flexibility index (Phi) is 6.48. The third kappa shape index (κ3) is 5.73. The molecule has 0 spiro atoms. The smallest absolute Gasteiger partial charge is 0.405 e. The standard InChI is InChI=1S/C17H22BrF3N4O2/c18-14-2-1-12(11-15(14)27-17(19,20)21)23-16(26)25-9-7-24(8-10-25)13-3-5-22-6-4-13/h1-2,11,13,22H,3-10H2,(H,23,26). The Labute approximate surface area is 164 Å². The molecular weight excluding hydrogens is 429 g/mol. The number of hydrogen-bond donors (Lipinski definition) is 2. The minimum Gasteiger partial charge on any atom is -0.405 e. The lowest BCUT2D eigenvalue weighted by Crippen LogP contribution is -2.54. The number of piperidine rings is 1. The number of anilines is 1. The van der Waals surface area contributed by atoms with Crippen molar-refractivity contribution in [1.82, 2.24) is 15.1 Å². The van der Waals surface area contributed by atoms with Crippen molar-refractivity contribution < 1.29 is 22.7 Å². The second-order valence-corrected chi connectivity index (χ2v) is 7.48. The van der Waals surface area contributed by atoms with Crippen LogP contribution in [-0.4, -0.2) is 67.5 Å². The van der Waals surface area contributed by atoms with E-state index in [2.05, 4.69) is 36.2 Å². The number of amides is 2. The number of benzene rings is 1. The summed E-state index contributed by atoms with van der Waals surface area (Å²) in [4.78, 5) is 16.5. The quantitative estimate of drug-likeness (QED) is 0.741. The Morgan fingerprint density at radius 1 is 1.19 bits per heavy atom. The molecule has 2 fully saturated rings. The van der Waals surface area contributed by atoms with Gasteiger partial charge in [-0.2, -0.15) is 0 Å². The molecule has 0 unspecified atom stereocenters. The van der Waals surface area contributed by atoms with E-state index in [4.69, 9.17) is 0 Å². The normalized spacial score (nSPS) is 19.8. The zero-order valence-electron chi connectivity index (χ0n) is 14.7. The Morgan fingerprint density at radius 3 is 2.48 bits per heavy atom. The van der Waals surface area contributed by atoms with Gasteiger partial charge in [0.1, 0.15) is 5.75 Å². The highest BCUT2D eigenvalue weighted by molar-refractivity contribution is 9.10. The second kappa shape index (κ2) is 8.66. The second-order valence-electron chi connectivity index (χ2n) is 6.63. The summed E-state index contributed by atoms with van der Waals surface area (Å²) in [7, 11) is 0. The molecule has 2 saturated heterocycles. The van der Waals surface area contributed by atoms with Crippen LogP contribution < -0.4 is 15.4 Å². The molecule has 2 heterocycles. The number of ether oxygens (including phenoxy) is 1. The molecule has 1 aromatic rings. The Hall–Kier alpha value is -1.52. The maximum Gasteiger partial charge on any atom is 0.573 e. The molecule has 3 rings (SSSR count). The number of carbonyl (C=O) groups is 1. The van der Waals surface area contributed by atoms with Crippen LogP contribution in [0.3, 0.4) is 0 Å². The van der Waals surface area contributed by atoms with Crippen molar-refractivity contribution in [2.75, 3.05) is 44.6 Å². The zero-order chi connectivity index (χ0) is 19.4. The first-order valence-electron chi connectivity index (χ1n) is 8.88. The summed E-state index contributed by atoms with van der Waals surface area (Å²) in [5.41, 5.74) is 0.253. The summed E-state index contributed by atoms with van der Waals surface area (Å²) in [6.07, 6.45) is -2.56. The largest absolute Gasteiger partial charge is 0.573 e. The number of urea groups is 1. The summed E-state index contributed by atoms with van der Waals surface area (Å²) < 4.78 is 41.5. The van der Waals surface area contributed by atoms with Gasteiger partial charge in [0.25, 0.3) is 0 Å². The molecule has 2 N–H and O–H groups in total. The van der Waals surface area contributed by atoms with Crippen LogP contribution in [0.25, 0.3) is 0 Å². The molecule has 1 aromatic carbocycles. The van der Waals surface area contributed by atoms with Gasteiger partial charge in [-0.15, -0.1) is 13.2 Å². The highest BCUT2D eigenvalue weighted by atomic mass is 79.9. The van der Waals surface area contributed by atoms with E-state index in [0.29, 0.717) is 19.1 Å². The van der Waals surface area contributed by atoms with E-state index in [9.17, 15) is 18.0 Å². The average Bonchev–Trinajstić information content (AvgIpc) is 2.64. The van der Waals surface area contributed by atoms with Gasteiger partial charge in [-0.05, 0) is 54.0 Å². The third-order valence-corrected chi connectivity index (χ3v) is 5.49. The number of nitrogens with one attached hydrogen (secondary N) is 2. The molecule has 2 aliphatic rings. The van der Waals surface area contributed by atoms with Gasteiger partial charge in [-0.1, -0.05) is 0 Å². The molecule has 0 atom stereocenters. The summed E-state index contributed by atoms with van der Waals surface area (Å²) in [6, 6.07) is 4.33. The molecule has 0 aromatic heterocycles. The number of carbonyl (C=O) groups excluding carboxylic acids is 1. The van der Waals surface area contributed by atoms with Crippen LogP contribution >= 0.6 is 15.9 Å². The Balaban J connectivity index is 1.54. The number of hydrogen-bond acceptors (Lipinski definition) is 4. The fourth-order valence-electron chi connectivity index (χ4n) is 3.45. The van der Waals surface area contributed by atoms with Crippen molar-refractivity contribution in [3.63, 3.8) is 0 Å². The lowest BCUT2D eigenvalue weighted by atomic mass is 10.0. The van der Waals surface area contributed by atoms with E-state index < -0.39 is 12.1 Å². The van der Waals surface area contributed by atoms with Crippen LogP contribution in [0.4, 0.5) is 23.7 Å². The van der Waals surface area contributed by atoms with Crippen molar-refractivity contribution in [3.8, 4) is 5.75 Å². The molecule has 0 radical (unpaired) electrons. The fraction of sp³-hybridized carbons (Fsp3) is 0.588. The van der Waals surface area contributed by atoms with Gasteiger partial charge in [-0.3, -0.25) is 4.90 Å². The highest BCUT2D eigenvalue weighted by Gasteiger charge is 2.32. The van der Waals surface area contributed by atoms with Crippen LogP contribution in [0, 0.1) is 0 Å². The minimum atomic E-state index is -4.80. The first-order chi connectivity index (χ1) is 12.8. The zero-order valence-corrected chi connectivity index (χ0v) is 16.3. The molecule has 0 bridgehead atoms. The van der Waals surface area contributed by atoms with Gasteiger partial charge in [0, 0.05) is 44.0 Å². The van der Waals surface area contributed by atoms with Crippen molar-refractivity contribution in [2.24, 2.45) is 0 Å². The van der Waals surface area contributed by atoms with Gasteiger partial charge >= 0.3 is 12.4 Å². The Bertz CT molecular complexity index is 660. The molecular formula is C17H22BrF3N4O2. The van der Waals surface area contributed by atoms with E-state index in [-0.39, 0.29) is 16.2 Å². The van der Waals surface area contributed by atoms with Crippen LogP contribution in [0.5, 0.6) is 5.75 Å². The highest BCUT2D eigenvalue weighted by Crippen LogP contribution is 2.32. The summed E-state index contributed by atoms with van der Waals surface area (Å²) in [6.45, 7) is 4.85. The monoisotopic (exact) mass is 450 g/mol. The molecule has 2 aliphatic heterocycles. The van der Waals surface area contributed by atoms with Crippen LogP contribution in [0.1, 0.15) is 12.8 Å². The molecule has 0 aliphatic carbocycles. The van der Waals surface area contributed by atoms with E-state index in [1.807, 2.05) is 0 Å². The van der Waals surface area contributed by atoms with Gasteiger partial charge in [-0.25, -0.2) is 4.79 Å². The van der Waals surface area contributed by atoms with Gasteiger partial charge < -0.3 is 20.3 Å². The SMILES string of the molecule is O=C(Nc1ccc(Br)c(OC(F)(F)F)c1)N1CCN(C2CCNCC2)CC1. The average molecular weight is 451 g/mol. The minimum absolute atomic E-state index is 0.161. The number of nitrogens with zero attached hydrogens (tertiary/aromatic N) is 2. The predicted molar refractivity (Wildman–Crippen MR) is 98.9 cm³/mol. The first-order valence-corrected chi connectivity index (χ1v) is 9.67. The number of piperazine rings is 1. The molecule has 2 amide bonds. The summed E-state index contributed by atoms with van der Waals surface area (Å²) in [5, 5.41) is 6.00. The maximum atomic E-state index is 12.4. The van der Waals surface area contributed by atoms with Crippen molar-refractivity contribution in [3.05, 3.63) is 22.7 Å². The molecule has 6 nitrogen and oxygen atoms in total. The number of halogens is 4.